The fourth-order valence-electron chi connectivity index (χ4n) is 0.872. The molecule has 1 N–H and O–H groups in total. The van der Waals surface area contributed by atoms with E-state index in [9.17, 15) is 4.79 Å². The summed E-state index contributed by atoms with van der Waals surface area (Å²) in [5.41, 5.74) is 0.522. The Hall–Kier alpha value is -2.09. The Morgan fingerprint density at radius 2 is 2.57 bits per heavy atom. The minimum atomic E-state index is -0.586. The van der Waals surface area contributed by atoms with Gasteiger partial charge in [-0.25, -0.2) is 9.78 Å². The summed E-state index contributed by atoms with van der Waals surface area (Å²) in [5.74, 6) is 0. The van der Waals surface area contributed by atoms with E-state index in [1.165, 1.54) is 6.20 Å². The van der Waals surface area contributed by atoms with Gasteiger partial charge in [0.1, 0.15) is 6.07 Å². The maximum atomic E-state index is 11.0. The Bertz CT molecular complexity index is 371. The summed E-state index contributed by atoms with van der Waals surface area (Å²) in [6.45, 7) is 1.99. The van der Waals surface area contributed by atoms with E-state index in [0.717, 1.165) is 0 Å². The lowest BCUT2D eigenvalue weighted by atomic mass is 10.3. The number of rotatable bonds is 2. The molecule has 0 saturated heterocycles. The number of nitrogens with zero attached hydrogens (tertiary/aromatic N) is 2. The van der Waals surface area contributed by atoms with Crippen molar-refractivity contribution in [3.05, 3.63) is 24.0 Å². The van der Waals surface area contributed by atoms with Gasteiger partial charge in [0.2, 0.25) is 0 Å². The lowest BCUT2D eigenvalue weighted by Crippen LogP contribution is -2.14. The van der Waals surface area contributed by atoms with Gasteiger partial charge in [-0.05, 0) is 19.1 Å². The van der Waals surface area contributed by atoms with Crippen molar-refractivity contribution in [1.82, 2.24) is 4.98 Å². The number of hydrogen-bond donors (Lipinski definition) is 1. The van der Waals surface area contributed by atoms with Crippen LogP contribution in [0.1, 0.15) is 12.6 Å². The molecule has 0 radical (unpaired) electrons. The zero-order valence-electron chi connectivity index (χ0n) is 7.65. The topological polar surface area (TPSA) is 75.0 Å². The van der Waals surface area contributed by atoms with Crippen LogP contribution in [0.5, 0.6) is 0 Å². The van der Waals surface area contributed by atoms with Crippen LogP contribution in [0.25, 0.3) is 0 Å². The number of amides is 1. The molecule has 0 saturated carbocycles. The van der Waals surface area contributed by atoms with E-state index in [0.29, 0.717) is 5.69 Å². The number of carbonyl (C=O) groups excluding carboxylic acids is 1. The zero-order chi connectivity index (χ0) is 10.4. The monoisotopic (exact) mass is 191 g/mol. The van der Waals surface area contributed by atoms with Gasteiger partial charge >= 0.3 is 6.09 Å². The minimum Gasteiger partial charge on any atom is -0.450 e. The van der Waals surface area contributed by atoms with Crippen molar-refractivity contribution in [3.8, 4) is 6.07 Å². The third-order valence-corrected chi connectivity index (χ3v) is 1.43. The molecule has 1 rings (SSSR count). The largest absolute Gasteiger partial charge is 0.450 e. The first-order valence-electron chi connectivity index (χ1n) is 4.06. The molecule has 14 heavy (non-hydrogen) atoms. The molecule has 0 spiro atoms. The van der Waals surface area contributed by atoms with Crippen LogP contribution < -0.4 is 5.32 Å². The highest BCUT2D eigenvalue weighted by molar-refractivity contribution is 5.85. The number of pyridine rings is 1. The summed E-state index contributed by atoms with van der Waals surface area (Å²) in [5, 5.41) is 11.1. The van der Waals surface area contributed by atoms with Crippen LogP contribution in [0, 0.1) is 11.3 Å². The van der Waals surface area contributed by atoms with E-state index in [1.807, 2.05) is 6.07 Å². The third-order valence-electron chi connectivity index (χ3n) is 1.43. The van der Waals surface area contributed by atoms with Crippen LogP contribution in [0.2, 0.25) is 0 Å². The Balaban J connectivity index is 2.77. The molecule has 0 atom stereocenters. The molecule has 0 bridgehead atoms. The highest BCUT2D eigenvalue weighted by atomic mass is 16.5. The highest BCUT2D eigenvalue weighted by Gasteiger charge is 2.06. The Morgan fingerprint density at radius 3 is 3.21 bits per heavy atom. The number of carbonyl (C=O) groups is 1. The van der Waals surface area contributed by atoms with Gasteiger partial charge in [-0.3, -0.25) is 5.32 Å². The van der Waals surface area contributed by atoms with E-state index in [2.05, 4.69) is 15.0 Å². The van der Waals surface area contributed by atoms with Crippen LogP contribution in [-0.4, -0.2) is 17.7 Å². The molecule has 5 nitrogen and oxygen atoms in total. The average molecular weight is 191 g/mol. The lowest BCUT2D eigenvalue weighted by Gasteiger charge is -2.05. The molecule has 1 aromatic heterocycles. The van der Waals surface area contributed by atoms with Gasteiger partial charge in [0.05, 0.1) is 12.3 Å². The second-order valence-electron chi connectivity index (χ2n) is 2.36. The average Bonchev–Trinajstić information content (AvgIpc) is 2.19. The smallest absolute Gasteiger partial charge is 0.411 e. The molecule has 0 aliphatic rings. The van der Waals surface area contributed by atoms with Crippen molar-refractivity contribution in [3.63, 3.8) is 0 Å². The van der Waals surface area contributed by atoms with E-state index in [-0.39, 0.29) is 12.3 Å². The summed E-state index contributed by atoms with van der Waals surface area (Å²) in [6.07, 6.45) is 0.895. The number of hydrogen-bond acceptors (Lipinski definition) is 4. The minimum absolute atomic E-state index is 0.167. The first-order chi connectivity index (χ1) is 6.77. The fourth-order valence-corrected chi connectivity index (χ4v) is 0.872. The number of nitriles is 1. The van der Waals surface area contributed by atoms with Crippen LogP contribution in [0.3, 0.4) is 0 Å². The van der Waals surface area contributed by atoms with Crippen molar-refractivity contribution >= 4 is 11.8 Å². The van der Waals surface area contributed by atoms with Gasteiger partial charge in [-0.1, -0.05) is 0 Å². The van der Waals surface area contributed by atoms with E-state index in [4.69, 9.17) is 5.26 Å². The molecule has 5 heteroatoms. The van der Waals surface area contributed by atoms with Gasteiger partial charge in [0, 0.05) is 6.20 Å². The molecule has 0 unspecified atom stereocenters. The van der Waals surface area contributed by atoms with E-state index >= 15 is 0 Å². The SMILES string of the molecule is CCOC(=O)Nc1cccnc1C#N. The fraction of sp³-hybridized carbons (Fsp3) is 0.222. The van der Waals surface area contributed by atoms with Crippen molar-refractivity contribution in [2.45, 2.75) is 6.92 Å². The van der Waals surface area contributed by atoms with Gasteiger partial charge in [0.25, 0.3) is 0 Å². The summed E-state index contributed by atoms with van der Waals surface area (Å²) < 4.78 is 4.66. The highest BCUT2D eigenvalue weighted by Crippen LogP contribution is 2.10. The summed E-state index contributed by atoms with van der Waals surface area (Å²) in [6, 6.07) is 5.07. The normalized spacial score (nSPS) is 8.86. The van der Waals surface area contributed by atoms with E-state index < -0.39 is 6.09 Å². The van der Waals surface area contributed by atoms with Gasteiger partial charge in [-0.2, -0.15) is 5.26 Å². The van der Waals surface area contributed by atoms with E-state index in [1.54, 1.807) is 19.1 Å². The molecule has 1 aromatic rings. The lowest BCUT2D eigenvalue weighted by molar-refractivity contribution is 0.168. The first kappa shape index (κ1) is 9.99. The van der Waals surface area contributed by atoms with Crippen LogP contribution in [-0.2, 0) is 4.74 Å². The summed E-state index contributed by atoms with van der Waals surface area (Å²) >= 11 is 0. The predicted molar refractivity (Wildman–Crippen MR) is 49.6 cm³/mol. The molecular weight excluding hydrogens is 182 g/mol. The molecule has 0 aliphatic heterocycles. The first-order valence-corrected chi connectivity index (χ1v) is 4.06. The van der Waals surface area contributed by atoms with Crippen molar-refractivity contribution in [2.75, 3.05) is 11.9 Å². The molecule has 1 amide bonds. The number of nitrogens with one attached hydrogen (secondary N) is 1. The summed E-state index contributed by atoms with van der Waals surface area (Å²) in [7, 11) is 0. The predicted octanol–water partition coefficient (Wildman–Crippen LogP) is 1.52. The summed E-state index contributed by atoms with van der Waals surface area (Å²) in [4.78, 5) is 14.8. The quantitative estimate of drug-likeness (QED) is 0.768. The van der Waals surface area contributed by atoms with Crippen molar-refractivity contribution in [1.29, 1.82) is 5.26 Å². The van der Waals surface area contributed by atoms with Crippen molar-refractivity contribution < 1.29 is 9.53 Å². The maximum Gasteiger partial charge on any atom is 0.411 e. The second kappa shape index (κ2) is 4.82. The Labute approximate surface area is 81.3 Å². The molecule has 0 aromatic carbocycles. The third kappa shape index (κ3) is 2.45. The Morgan fingerprint density at radius 1 is 1.79 bits per heavy atom. The number of anilines is 1. The zero-order valence-corrected chi connectivity index (χ0v) is 7.65. The van der Waals surface area contributed by atoms with Crippen LogP contribution in [0.4, 0.5) is 10.5 Å². The number of aromatic nitrogens is 1. The molecular formula is C9H9N3O2. The molecule has 72 valence electrons. The Kier molecular flexibility index (Phi) is 3.44. The molecule has 0 fully saturated rings. The van der Waals surface area contributed by atoms with Gasteiger partial charge in [-0.15, -0.1) is 0 Å². The van der Waals surface area contributed by atoms with Crippen molar-refractivity contribution in [2.24, 2.45) is 0 Å². The number of ether oxygens (including phenoxy) is 1. The maximum absolute atomic E-state index is 11.0. The van der Waals surface area contributed by atoms with Gasteiger partial charge in [0.15, 0.2) is 5.69 Å². The van der Waals surface area contributed by atoms with Crippen LogP contribution in [0.15, 0.2) is 18.3 Å². The molecule has 0 aliphatic carbocycles. The second-order valence-corrected chi connectivity index (χ2v) is 2.36. The van der Waals surface area contributed by atoms with Gasteiger partial charge < -0.3 is 4.74 Å². The molecule has 1 heterocycles. The van der Waals surface area contributed by atoms with Crippen LogP contribution >= 0.6 is 0 Å². The standard InChI is InChI=1S/C9H9N3O2/c1-2-14-9(13)12-7-4-3-5-11-8(7)6-10/h3-5H,2H2,1H3,(H,12,13).